The lowest BCUT2D eigenvalue weighted by molar-refractivity contribution is -0.113. The van der Waals surface area contributed by atoms with Crippen molar-refractivity contribution in [2.45, 2.75) is 18.6 Å². The van der Waals surface area contributed by atoms with Gasteiger partial charge in [0.2, 0.25) is 5.91 Å². The van der Waals surface area contributed by atoms with Crippen molar-refractivity contribution in [3.8, 4) is 11.4 Å². The number of hydrogen-bond donors (Lipinski definition) is 1. The number of anilines is 1. The van der Waals surface area contributed by atoms with Crippen LogP contribution in [0.1, 0.15) is 5.56 Å². The number of benzene rings is 2. The van der Waals surface area contributed by atoms with Gasteiger partial charge in [-0.2, -0.15) is 0 Å². The molecular formula is C20H18ClFN4OS. The minimum atomic E-state index is -0.358. The summed E-state index contributed by atoms with van der Waals surface area (Å²) in [4.78, 5) is 12.2. The van der Waals surface area contributed by atoms with E-state index in [1.165, 1.54) is 17.8 Å². The van der Waals surface area contributed by atoms with E-state index in [2.05, 4.69) is 22.1 Å². The molecule has 2 aromatic carbocycles. The maximum absolute atomic E-state index is 13.6. The molecule has 0 aliphatic heterocycles. The first-order valence-corrected chi connectivity index (χ1v) is 9.83. The van der Waals surface area contributed by atoms with E-state index in [-0.39, 0.29) is 17.5 Å². The van der Waals surface area contributed by atoms with Crippen molar-refractivity contribution in [2.75, 3.05) is 11.1 Å². The topological polar surface area (TPSA) is 59.8 Å². The van der Waals surface area contributed by atoms with Gasteiger partial charge < -0.3 is 5.32 Å². The number of nitrogens with one attached hydrogen (secondary N) is 1. The summed E-state index contributed by atoms with van der Waals surface area (Å²) in [6.45, 7) is 5.94. The van der Waals surface area contributed by atoms with Gasteiger partial charge >= 0.3 is 0 Å². The minimum absolute atomic E-state index is 0.116. The molecule has 1 aromatic heterocycles. The van der Waals surface area contributed by atoms with E-state index < -0.39 is 0 Å². The summed E-state index contributed by atoms with van der Waals surface area (Å²) in [7, 11) is 0. The van der Waals surface area contributed by atoms with Crippen molar-refractivity contribution in [3.05, 3.63) is 71.5 Å². The maximum Gasteiger partial charge on any atom is 0.234 e. The normalized spacial score (nSPS) is 10.7. The third-order valence-corrected chi connectivity index (χ3v) is 5.14. The van der Waals surface area contributed by atoms with Crippen LogP contribution in [-0.2, 0) is 11.3 Å². The molecule has 0 aliphatic rings. The number of rotatable bonds is 7. The van der Waals surface area contributed by atoms with Gasteiger partial charge in [0.25, 0.3) is 0 Å². The molecular weight excluding hydrogens is 399 g/mol. The number of allylic oxidation sites excluding steroid dienone is 1. The zero-order chi connectivity index (χ0) is 20.1. The first-order chi connectivity index (χ1) is 13.5. The first kappa shape index (κ1) is 20.1. The van der Waals surface area contributed by atoms with Crippen LogP contribution in [0.2, 0.25) is 5.02 Å². The Labute approximate surface area is 171 Å². The fourth-order valence-corrected chi connectivity index (χ4v) is 3.37. The predicted molar refractivity (Wildman–Crippen MR) is 111 cm³/mol. The third-order valence-electron chi connectivity index (χ3n) is 3.92. The van der Waals surface area contributed by atoms with Gasteiger partial charge in [-0.1, -0.05) is 35.5 Å². The third kappa shape index (κ3) is 4.79. The lowest BCUT2D eigenvalue weighted by atomic mass is 10.2. The van der Waals surface area contributed by atoms with Gasteiger partial charge in [-0.25, -0.2) is 4.39 Å². The van der Waals surface area contributed by atoms with Crippen LogP contribution in [0.25, 0.3) is 11.4 Å². The van der Waals surface area contributed by atoms with Crippen LogP contribution in [-0.4, -0.2) is 26.4 Å². The van der Waals surface area contributed by atoms with Crippen LogP contribution in [0.15, 0.2) is 60.3 Å². The van der Waals surface area contributed by atoms with Crippen LogP contribution in [0.5, 0.6) is 0 Å². The second-order valence-electron chi connectivity index (χ2n) is 6.01. The lowest BCUT2D eigenvalue weighted by Gasteiger charge is -2.09. The lowest BCUT2D eigenvalue weighted by Crippen LogP contribution is -2.15. The minimum Gasteiger partial charge on any atom is -0.325 e. The van der Waals surface area contributed by atoms with Crippen molar-refractivity contribution in [3.63, 3.8) is 0 Å². The fourth-order valence-electron chi connectivity index (χ4n) is 2.50. The number of halogens is 2. The number of nitrogens with zero attached hydrogens (tertiary/aromatic N) is 3. The Bertz CT molecular complexity index is 1000. The van der Waals surface area contributed by atoms with Gasteiger partial charge in [0, 0.05) is 22.8 Å². The van der Waals surface area contributed by atoms with Gasteiger partial charge in [-0.3, -0.25) is 9.36 Å². The molecule has 1 heterocycles. The van der Waals surface area contributed by atoms with E-state index in [0.717, 1.165) is 5.56 Å². The number of carbonyl (C=O) groups excluding carboxylic acids is 1. The van der Waals surface area contributed by atoms with Gasteiger partial charge in [0.15, 0.2) is 11.0 Å². The number of carbonyl (C=O) groups is 1. The van der Waals surface area contributed by atoms with Crippen molar-refractivity contribution in [1.29, 1.82) is 0 Å². The van der Waals surface area contributed by atoms with E-state index in [9.17, 15) is 9.18 Å². The molecule has 3 rings (SSSR count). The van der Waals surface area contributed by atoms with Gasteiger partial charge in [0.1, 0.15) is 5.82 Å². The van der Waals surface area contributed by atoms with Gasteiger partial charge in [-0.05, 0) is 48.9 Å². The highest BCUT2D eigenvalue weighted by atomic mass is 35.5. The molecule has 0 unspecified atom stereocenters. The average molecular weight is 417 g/mol. The Morgan fingerprint density at radius 1 is 1.29 bits per heavy atom. The Morgan fingerprint density at radius 2 is 2.04 bits per heavy atom. The second-order valence-corrected chi connectivity index (χ2v) is 7.39. The maximum atomic E-state index is 13.6. The van der Waals surface area contributed by atoms with Crippen LogP contribution in [0.4, 0.5) is 10.1 Å². The number of aryl methyl sites for hydroxylation is 1. The van der Waals surface area contributed by atoms with E-state index in [4.69, 9.17) is 11.6 Å². The molecule has 8 heteroatoms. The SMILES string of the molecule is C=CCn1c(SCC(=O)Nc2ccc(C)c(F)c2)nnc1-c1ccc(Cl)cc1. The van der Waals surface area contributed by atoms with E-state index in [1.54, 1.807) is 37.3 Å². The Kier molecular flexibility index (Phi) is 6.49. The summed E-state index contributed by atoms with van der Waals surface area (Å²) in [5.41, 5.74) is 1.81. The zero-order valence-corrected chi connectivity index (χ0v) is 16.7. The van der Waals surface area contributed by atoms with Crippen molar-refractivity contribution in [1.82, 2.24) is 14.8 Å². The van der Waals surface area contributed by atoms with Crippen molar-refractivity contribution < 1.29 is 9.18 Å². The molecule has 28 heavy (non-hydrogen) atoms. The van der Waals surface area contributed by atoms with Crippen LogP contribution < -0.4 is 5.32 Å². The molecule has 0 aliphatic carbocycles. The molecule has 1 N–H and O–H groups in total. The first-order valence-electron chi connectivity index (χ1n) is 8.46. The van der Waals surface area contributed by atoms with Gasteiger partial charge in [-0.15, -0.1) is 16.8 Å². The fraction of sp³-hybridized carbons (Fsp3) is 0.150. The largest absolute Gasteiger partial charge is 0.325 e. The monoisotopic (exact) mass is 416 g/mol. The average Bonchev–Trinajstić information content (AvgIpc) is 3.07. The molecule has 1 amide bonds. The number of aromatic nitrogens is 3. The number of hydrogen-bond acceptors (Lipinski definition) is 4. The van der Waals surface area contributed by atoms with E-state index in [1.807, 2.05) is 16.7 Å². The highest BCUT2D eigenvalue weighted by molar-refractivity contribution is 7.99. The molecule has 144 valence electrons. The standard InChI is InChI=1S/C20H18ClFN4OS/c1-3-10-26-19(14-5-7-15(21)8-6-14)24-25-20(26)28-12-18(27)23-16-9-4-13(2)17(22)11-16/h3-9,11H,1,10,12H2,2H3,(H,23,27). The number of amides is 1. The van der Waals surface area contributed by atoms with E-state index in [0.29, 0.717) is 33.8 Å². The predicted octanol–water partition coefficient (Wildman–Crippen LogP) is 4.96. The summed E-state index contributed by atoms with van der Waals surface area (Å²) in [5, 5.41) is 12.3. The Hall–Kier alpha value is -2.64. The quantitative estimate of drug-likeness (QED) is 0.436. The van der Waals surface area contributed by atoms with Crippen LogP contribution in [0.3, 0.4) is 0 Å². The molecule has 0 atom stereocenters. The summed E-state index contributed by atoms with van der Waals surface area (Å²) in [6.07, 6.45) is 1.74. The summed E-state index contributed by atoms with van der Waals surface area (Å²) in [5.74, 6) is 0.170. The second kappa shape index (κ2) is 9.03. The summed E-state index contributed by atoms with van der Waals surface area (Å²) in [6, 6.07) is 11.9. The molecule has 5 nitrogen and oxygen atoms in total. The molecule has 0 saturated carbocycles. The molecule has 0 radical (unpaired) electrons. The Morgan fingerprint density at radius 3 is 2.71 bits per heavy atom. The van der Waals surface area contributed by atoms with Crippen molar-refractivity contribution in [2.24, 2.45) is 0 Å². The van der Waals surface area contributed by atoms with Gasteiger partial charge in [0.05, 0.1) is 5.75 Å². The van der Waals surface area contributed by atoms with Crippen LogP contribution >= 0.6 is 23.4 Å². The summed E-state index contributed by atoms with van der Waals surface area (Å²) >= 11 is 7.19. The molecule has 0 fully saturated rings. The highest BCUT2D eigenvalue weighted by Gasteiger charge is 2.15. The van der Waals surface area contributed by atoms with E-state index >= 15 is 0 Å². The summed E-state index contributed by atoms with van der Waals surface area (Å²) < 4.78 is 15.5. The smallest absolute Gasteiger partial charge is 0.234 e. The highest BCUT2D eigenvalue weighted by Crippen LogP contribution is 2.25. The van der Waals surface area contributed by atoms with Crippen molar-refractivity contribution >= 4 is 35.0 Å². The molecule has 3 aromatic rings. The molecule has 0 spiro atoms. The number of thioether (sulfide) groups is 1. The molecule has 0 saturated heterocycles. The molecule has 0 bridgehead atoms. The van der Waals surface area contributed by atoms with Crippen LogP contribution in [0, 0.1) is 12.7 Å². The zero-order valence-electron chi connectivity index (χ0n) is 15.2. The Balaban J connectivity index is 1.71.